The van der Waals surface area contributed by atoms with Crippen LogP contribution in [0.25, 0.3) is 0 Å². The first-order valence-corrected chi connectivity index (χ1v) is 7.82. The second-order valence-electron chi connectivity index (χ2n) is 5.51. The summed E-state index contributed by atoms with van der Waals surface area (Å²) in [6.45, 7) is 0.513. The zero-order chi connectivity index (χ0) is 14.1. The van der Waals surface area contributed by atoms with Crippen LogP contribution in [-0.4, -0.2) is 30.3 Å². The van der Waals surface area contributed by atoms with Crippen LogP contribution in [0.1, 0.15) is 30.7 Å². The molecule has 1 aromatic rings. The number of aliphatic hydroxyl groups excluding tert-OH is 1. The van der Waals surface area contributed by atoms with E-state index >= 15 is 0 Å². The summed E-state index contributed by atoms with van der Waals surface area (Å²) in [5, 5.41) is 12.2. The van der Waals surface area contributed by atoms with E-state index in [-0.39, 0.29) is 24.5 Å². The molecule has 2 aliphatic rings. The second kappa shape index (κ2) is 5.74. The molecule has 0 bridgehead atoms. The number of aliphatic hydroxyl groups is 1. The van der Waals surface area contributed by atoms with Gasteiger partial charge in [0, 0.05) is 22.7 Å². The highest BCUT2D eigenvalue weighted by atomic mass is 79.9. The van der Waals surface area contributed by atoms with Gasteiger partial charge in [0.25, 0.3) is 0 Å². The molecular formula is C15H18BrNO3. The Bertz CT molecular complexity index is 516. The minimum Gasteiger partial charge on any atom is -0.492 e. The number of carbonyl (C=O) groups is 1. The highest BCUT2D eigenvalue weighted by Gasteiger charge is 2.36. The van der Waals surface area contributed by atoms with E-state index in [1.54, 1.807) is 0 Å². The van der Waals surface area contributed by atoms with Crippen molar-refractivity contribution < 1.29 is 14.6 Å². The maximum absolute atomic E-state index is 12.4. The van der Waals surface area contributed by atoms with Gasteiger partial charge in [-0.2, -0.15) is 0 Å². The summed E-state index contributed by atoms with van der Waals surface area (Å²) in [6, 6.07) is 5.85. The van der Waals surface area contributed by atoms with E-state index < -0.39 is 0 Å². The molecule has 1 aliphatic carbocycles. The molecule has 5 heteroatoms. The van der Waals surface area contributed by atoms with Crippen LogP contribution >= 0.6 is 15.9 Å². The Morgan fingerprint density at radius 3 is 3.00 bits per heavy atom. The molecule has 0 saturated heterocycles. The number of halogens is 1. The third kappa shape index (κ3) is 2.83. The fraction of sp³-hybridized carbons (Fsp3) is 0.533. The van der Waals surface area contributed by atoms with Gasteiger partial charge in [0.2, 0.25) is 5.91 Å². The summed E-state index contributed by atoms with van der Waals surface area (Å²) in [5.74, 6) is 1.09. The lowest BCUT2D eigenvalue weighted by Gasteiger charge is -2.19. The van der Waals surface area contributed by atoms with E-state index in [2.05, 4.69) is 21.2 Å². The maximum Gasteiger partial charge on any atom is 0.231 e. The van der Waals surface area contributed by atoms with Crippen molar-refractivity contribution in [1.82, 2.24) is 5.32 Å². The van der Waals surface area contributed by atoms with Crippen molar-refractivity contribution in [1.29, 1.82) is 0 Å². The van der Waals surface area contributed by atoms with Gasteiger partial charge in [-0.25, -0.2) is 0 Å². The van der Waals surface area contributed by atoms with E-state index in [0.29, 0.717) is 18.9 Å². The van der Waals surface area contributed by atoms with Crippen molar-refractivity contribution in [3.8, 4) is 5.75 Å². The number of hydrogen-bond donors (Lipinski definition) is 2. The molecule has 1 saturated carbocycles. The molecule has 108 valence electrons. The molecule has 2 unspecified atom stereocenters. The normalized spacial score (nSPS) is 22.0. The molecule has 4 nitrogen and oxygen atoms in total. The quantitative estimate of drug-likeness (QED) is 0.864. The van der Waals surface area contributed by atoms with Gasteiger partial charge in [-0.15, -0.1) is 0 Å². The van der Waals surface area contributed by atoms with Gasteiger partial charge >= 0.3 is 0 Å². The Morgan fingerprint density at radius 2 is 2.30 bits per heavy atom. The lowest BCUT2D eigenvalue weighted by molar-refractivity contribution is -0.123. The number of ether oxygens (including phenoxy) is 1. The Labute approximate surface area is 126 Å². The van der Waals surface area contributed by atoms with Crippen molar-refractivity contribution in [3.05, 3.63) is 28.2 Å². The number of hydrogen-bond acceptors (Lipinski definition) is 3. The first-order chi connectivity index (χ1) is 9.69. The molecule has 0 radical (unpaired) electrons. The Balaban J connectivity index is 1.71. The summed E-state index contributed by atoms with van der Waals surface area (Å²) in [4.78, 5) is 12.4. The van der Waals surface area contributed by atoms with Crippen LogP contribution < -0.4 is 10.1 Å². The van der Waals surface area contributed by atoms with Crippen molar-refractivity contribution in [2.24, 2.45) is 5.92 Å². The molecule has 3 rings (SSSR count). The van der Waals surface area contributed by atoms with E-state index in [4.69, 9.17) is 9.84 Å². The van der Waals surface area contributed by atoms with Gasteiger partial charge < -0.3 is 15.2 Å². The predicted molar refractivity (Wildman–Crippen MR) is 78.7 cm³/mol. The fourth-order valence-electron chi connectivity index (χ4n) is 2.75. The first-order valence-electron chi connectivity index (χ1n) is 7.02. The Kier molecular flexibility index (Phi) is 3.98. The molecule has 1 aromatic carbocycles. The zero-order valence-corrected chi connectivity index (χ0v) is 12.7. The number of carbonyl (C=O) groups excluding carboxylic acids is 1. The molecule has 20 heavy (non-hydrogen) atoms. The van der Waals surface area contributed by atoms with Crippen molar-refractivity contribution in [2.75, 3.05) is 13.2 Å². The van der Waals surface area contributed by atoms with Crippen LogP contribution in [0.3, 0.4) is 0 Å². The molecule has 0 spiro atoms. The summed E-state index contributed by atoms with van der Waals surface area (Å²) >= 11 is 3.43. The summed E-state index contributed by atoms with van der Waals surface area (Å²) in [5.41, 5.74) is 0.940. The van der Waals surface area contributed by atoms with E-state index in [9.17, 15) is 4.79 Å². The average Bonchev–Trinajstić information content (AvgIpc) is 3.18. The van der Waals surface area contributed by atoms with Crippen molar-refractivity contribution in [3.63, 3.8) is 0 Å². The lowest BCUT2D eigenvalue weighted by Crippen LogP contribution is -2.40. The SMILES string of the molecule is O=C(NC(CCO)C1CC1)C1COc2ccc(Br)cc21. The smallest absolute Gasteiger partial charge is 0.231 e. The van der Waals surface area contributed by atoms with Gasteiger partial charge in [0.15, 0.2) is 0 Å². The van der Waals surface area contributed by atoms with Gasteiger partial charge in [0.05, 0.1) is 0 Å². The number of nitrogens with one attached hydrogen (secondary N) is 1. The lowest BCUT2D eigenvalue weighted by atomic mass is 9.99. The van der Waals surface area contributed by atoms with E-state index in [1.165, 1.54) is 0 Å². The highest BCUT2D eigenvalue weighted by Crippen LogP contribution is 2.37. The minimum atomic E-state index is -0.248. The van der Waals surface area contributed by atoms with Gasteiger partial charge in [-0.1, -0.05) is 15.9 Å². The van der Waals surface area contributed by atoms with E-state index in [1.807, 2.05) is 18.2 Å². The van der Waals surface area contributed by atoms with Crippen LogP contribution in [0.15, 0.2) is 22.7 Å². The molecule has 2 N–H and O–H groups in total. The van der Waals surface area contributed by atoms with Gasteiger partial charge in [0.1, 0.15) is 18.3 Å². The Morgan fingerprint density at radius 1 is 1.50 bits per heavy atom. The minimum absolute atomic E-state index is 0.00667. The molecule has 0 aromatic heterocycles. The zero-order valence-electron chi connectivity index (χ0n) is 11.1. The Hall–Kier alpha value is -1.07. The molecule has 2 atom stereocenters. The fourth-order valence-corrected chi connectivity index (χ4v) is 3.13. The average molecular weight is 340 g/mol. The van der Waals surface area contributed by atoms with Crippen LogP contribution in [0.5, 0.6) is 5.75 Å². The summed E-state index contributed by atoms with van der Waals surface area (Å²) in [6.07, 6.45) is 2.93. The summed E-state index contributed by atoms with van der Waals surface area (Å²) < 4.78 is 6.53. The summed E-state index contributed by atoms with van der Waals surface area (Å²) in [7, 11) is 0. The molecule has 1 heterocycles. The van der Waals surface area contributed by atoms with Gasteiger partial charge in [-0.05, 0) is 43.4 Å². The van der Waals surface area contributed by atoms with Crippen LogP contribution in [-0.2, 0) is 4.79 Å². The van der Waals surface area contributed by atoms with Crippen molar-refractivity contribution >= 4 is 21.8 Å². The molecular weight excluding hydrogens is 322 g/mol. The number of benzene rings is 1. The first kappa shape index (κ1) is 13.9. The third-order valence-corrected chi connectivity index (χ3v) is 4.52. The number of amides is 1. The van der Waals surface area contributed by atoms with Crippen LogP contribution in [0, 0.1) is 5.92 Å². The van der Waals surface area contributed by atoms with Crippen LogP contribution in [0.2, 0.25) is 0 Å². The molecule has 1 aliphatic heterocycles. The third-order valence-electron chi connectivity index (χ3n) is 4.03. The van der Waals surface area contributed by atoms with E-state index in [0.717, 1.165) is 28.6 Å². The standard InChI is InChI=1S/C15H18BrNO3/c16-10-3-4-14-11(7-10)12(8-20-14)15(19)17-13(5-6-18)9-1-2-9/h3-4,7,9,12-13,18H,1-2,5-6,8H2,(H,17,19). The predicted octanol–water partition coefficient (Wildman–Crippen LogP) is 2.20. The largest absolute Gasteiger partial charge is 0.492 e. The van der Waals surface area contributed by atoms with Crippen molar-refractivity contribution in [2.45, 2.75) is 31.2 Å². The van der Waals surface area contributed by atoms with Crippen LogP contribution in [0.4, 0.5) is 0 Å². The number of rotatable bonds is 5. The number of fused-ring (bicyclic) bond motifs is 1. The topological polar surface area (TPSA) is 58.6 Å². The van der Waals surface area contributed by atoms with Gasteiger partial charge in [-0.3, -0.25) is 4.79 Å². The monoisotopic (exact) mass is 339 g/mol. The maximum atomic E-state index is 12.4. The second-order valence-corrected chi connectivity index (χ2v) is 6.43. The molecule has 1 fully saturated rings. The molecule has 1 amide bonds. The highest BCUT2D eigenvalue weighted by molar-refractivity contribution is 9.10.